The van der Waals surface area contributed by atoms with E-state index < -0.39 is 11.6 Å². The minimum absolute atomic E-state index is 0.155. The molecule has 0 saturated carbocycles. The number of hydrogen-bond donors (Lipinski definition) is 1. The molecule has 1 fully saturated rings. The van der Waals surface area contributed by atoms with Gasteiger partial charge in [-0.05, 0) is 45.4 Å². The number of hydrogen-bond acceptors (Lipinski definition) is 6. The lowest BCUT2D eigenvalue weighted by Gasteiger charge is -2.36. The summed E-state index contributed by atoms with van der Waals surface area (Å²) in [6.45, 7) is 11.9. The number of nitrogens with zero attached hydrogens (tertiary/aromatic N) is 4. The number of benzene rings is 1. The standard InChI is InChI=1S/C23H33N5O5.C2H6/c1-23(2,3)33-22(32)27-12-10-26(11-13-27)16-6-8-18-19(14-16)25(5)21(31)28(18)17(15-29)7-9-20(30)24-4;1-2/h6,8,14-15,17H,7,9-13H2,1-5H3,(H,24,30);1-2H3. The number of piperazine rings is 1. The monoisotopic (exact) mass is 489 g/mol. The summed E-state index contributed by atoms with van der Waals surface area (Å²) in [6.07, 6.45) is 0.807. The van der Waals surface area contributed by atoms with Crippen LogP contribution in [0.15, 0.2) is 23.0 Å². The number of aldehydes is 1. The Hall–Kier alpha value is -3.30. The van der Waals surface area contributed by atoms with Gasteiger partial charge in [-0.15, -0.1) is 0 Å². The molecule has 1 unspecified atom stereocenters. The van der Waals surface area contributed by atoms with Gasteiger partial charge in [0, 0.05) is 52.4 Å². The van der Waals surface area contributed by atoms with Gasteiger partial charge in [0.05, 0.1) is 17.1 Å². The summed E-state index contributed by atoms with van der Waals surface area (Å²) in [5, 5.41) is 2.53. The molecule has 1 aromatic carbocycles. The van der Waals surface area contributed by atoms with Gasteiger partial charge in [-0.3, -0.25) is 13.9 Å². The number of anilines is 1. The van der Waals surface area contributed by atoms with Gasteiger partial charge in [-0.1, -0.05) is 13.8 Å². The number of fused-ring (bicyclic) bond motifs is 1. The Kier molecular flexibility index (Phi) is 9.50. The molecule has 35 heavy (non-hydrogen) atoms. The maximum atomic E-state index is 12.9. The zero-order valence-corrected chi connectivity index (χ0v) is 22.0. The van der Waals surface area contributed by atoms with Gasteiger partial charge >= 0.3 is 11.8 Å². The molecule has 0 spiro atoms. The van der Waals surface area contributed by atoms with Gasteiger partial charge < -0.3 is 24.6 Å². The van der Waals surface area contributed by atoms with Crippen molar-refractivity contribution in [1.29, 1.82) is 0 Å². The van der Waals surface area contributed by atoms with E-state index in [2.05, 4.69) is 10.2 Å². The molecule has 10 heteroatoms. The quantitative estimate of drug-likeness (QED) is 0.626. The summed E-state index contributed by atoms with van der Waals surface area (Å²) in [5.74, 6) is -0.178. The molecule has 2 aromatic rings. The summed E-state index contributed by atoms with van der Waals surface area (Å²) in [6, 6.07) is 4.96. The number of imidazole rings is 1. The molecule has 1 atom stereocenters. The summed E-state index contributed by atoms with van der Waals surface area (Å²) in [5.41, 5.74) is 1.46. The van der Waals surface area contributed by atoms with Crippen LogP contribution in [-0.2, 0) is 21.4 Å². The Morgan fingerprint density at radius 3 is 2.29 bits per heavy atom. The lowest BCUT2D eigenvalue weighted by molar-refractivity contribution is -0.121. The van der Waals surface area contributed by atoms with Crippen LogP contribution in [0.25, 0.3) is 11.0 Å². The smallest absolute Gasteiger partial charge is 0.410 e. The van der Waals surface area contributed by atoms with Crippen molar-refractivity contribution in [1.82, 2.24) is 19.4 Å². The molecule has 0 radical (unpaired) electrons. The van der Waals surface area contributed by atoms with Gasteiger partial charge in [0.1, 0.15) is 11.9 Å². The van der Waals surface area contributed by atoms with Crippen molar-refractivity contribution in [3.8, 4) is 0 Å². The number of aromatic nitrogens is 2. The van der Waals surface area contributed by atoms with Crippen LogP contribution in [0.1, 0.15) is 53.5 Å². The molecule has 2 amide bonds. The minimum atomic E-state index is -0.721. The van der Waals surface area contributed by atoms with E-state index in [-0.39, 0.29) is 30.5 Å². The second kappa shape index (κ2) is 11.9. The topological polar surface area (TPSA) is 106 Å². The first-order valence-electron chi connectivity index (χ1n) is 12.2. The van der Waals surface area contributed by atoms with Crippen LogP contribution in [0.3, 0.4) is 0 Å². The molecule has 194 valence electrons. The second-order valence-corrected chi connectivity index (χ2v) is 9.25. The van der Waals surface area contributed by atoms with Gasteiger partial charge in [-0.25, -0.2) is 9.59 Å². The average molecular weight is 490 g/mol. The van der Waals surface area contributed by atoms with Gasteiger partial charge in [0.25, 0.3) is 0 Å². The van der Waals surface area contributed by atoms with E-state index in [0.717, 1.165) is 5.69 Å². The SMILES string of the molecule is CC.CNC(=O)CCC(C=O)n1c(=O)n(C)c2cc(N3CCN(C(=O)OC(C)(C)C)CC3)ccc21. The fourth-order valence-electron chi connectivity index (χ4n) is 4.00. The first-order valence-corrected chi connectivity index (χ1v) is 12.2. The zero-order chi connectivity index (χ0) is 26.3. The van der Waals surface area contributed by atoms with Crippen LogP contribution in [0, 0.1) is 0 Å². The van der Waals surface area contributed by atoms with Crippen molar-refractivity contribution in [3.05, 3.63) is 28.7 Å². The van der Waals surface area contributed by atoms with Crippen molar-refractivity contribution in [2.75, 3.05) is 38.1 Å². The number of rotatable bonds is 6. The molecule has 10 nitrogen and oxygen atoms in total. The maximum Gasteiger partial charge on any atom is 0.410 e. The van der Waals surface area contributed by atoms with Crippen LogP contribution in [0.4, 0.5) is 10.5 Å². The Balaban J connectivity index is 0.00000210. The first-order chi connectivity index (χ1) is 16.6. The fraction of sp³-hybridized carbons (Fsp3) is 0.600. The van der Waals surface area contributed by atoms with Crippen molar-refractivity contribution in [3.63, 3.8) is 0 Å². The third kappa shape index (κ3) is 6.64. The first kappa shape index (κ1) is 27.9. The Bertz CT molecular complexity index is 1090. The lowest BCUT2D eigenvalue weighted by Crippen LogP contribution is -2.50. The van der Waals surface area contributed by atoms with Gasteiger partial charge in [0.15, 0.2) is 0 Å². The highest BCUT2D eigenvalue weighted by atomic mass is 16.6. The number of nitrogens with one attached hydrogen (secondary N) is 1. The predicted molar refractivity (Wildman–Crippen MR) is 137 cm³/mol. The molecule has 1 aliphatic heterocycles. The molecule has 3 rings (SSSR count). The molecule has 1 aromatic heterocycles. The van der Waals surface area contributed by atoms with E-state index in [1.165, 1.54) is 16.2 Å². The van der Waals surface area contributed by atoms with Crippen molar-refractivity contribution < 1.29 is 19.1 Å². The number of carbonyl (C=O) groups excluding carboxylic acids is 3. The lowest BCUT2D eigenvalue weighted by atomic mass is 10.1. The summed E-state index contributed by atoms with van der Waals surface area (Å²) >= 11 is 0. The Morgan fingerprint density at radius 2 is 1.74 bits per heavy atom. The van der Waals surface area contributed by atoms with E-state index in [1.54, 1.807) is 11.9 Å². The summed E-state index contributed by atoms with van der Waals surface area (Å²) in [7, 11) is 3.21. The molecule has 1 N–H and O–H groups in total. The van der Waals surface area contributed by atoms with Crippen molar-refractivity contribution in [2.24, 2.45) is 7.05 Å². The number of carbonyl (C=O) groups is 3. The number of amides is 2. The largest absolute Gasteiger partial charge is 0.444 e. The van der Waals surface area contributed by atoms with Gasteiger partial charge in [0.2, 0.25) is 5.91 Å². The van der Waals surface area contributed by atoms with Crippen LogP contribution < -0.4 is 15.9 Å². The van der Waals surface area contributed by atoms with Crippen LogP contribution in [0.2, 0.25) is 0 Å². The minimum Gasteiger partial charge on any atom is -0.444 e. The van der Waals surface area contributed by atoms with Gasteiger partial charge in [-0.2, -0.15) is 0 Å². The Morgan fingerprint density at radius 1 is 1.11 bits per heavy atom. The third-order valence-electron chi connectivity index (χ3n) is 5.80. The Labute approximate surface area is 206 Å². The maximum absolute atomic E-state index is 12.9. The van der Waals surface area contributed by atoms with Crippen molar-refractivity contribution >= 4 is 35.0 Å². The molecule has 0 bridgehead atoms. The highest BCUT2D eigenvalue weighted by Gasteiger charge is 2.27. The summed E-state index contributed by atoms with van der Waals surface area (Å²) < 4.78 is 8.43. The molecular formula is C25H39N5O5. The average Bonchev–Trinajstić information content (AvgIpc) is 3.09. The van der Waals surface area contributed by atoms with E-state index in [1.807, 2.05) is 52.8 Å². The molecule has 1 aliphatic rings. The van der Waals surface area contributed by atoms with Crippen LogP contribution >= 0.6 is 0 Å². The second-order valence-electron chi connectivity index (χ2n) is 9.25. The van der Waals surface area contributed by atoms with Crippen LogP contribution in [0.5, 0.6) is 0 Å². The van der Waals surface area contributed by atoms with Crippen molar-refractivity contribution in [2.45, 2.75) is 59.1 Å². The third-order valence-corrected chi connectivity index (χ3v) is 5.80. The molecular weight excluding hydrogens is 450 g/mol. The van der Waals surface area contributed by atoms with E-state index in [4.69, 9.17) is 4.74 Å². The molecule has 2 heterocycles. The van der Waals surface area contributed by atoms with E-state index in [9.17, 15) is 19.2 Å². The van der Waals surface area contributed by atoms with E-state index in [0.29, 0.717) is 43.5 Å². The predicted octanol–water partition coefficient (Wildman–Crippen LogP) is 2.69. The highest BCUT2D eigenvalue weighted by molar-refractivity contribution is 5.82. The number of aryl methyl sites for hydroxylation is 1. The molecule has 0 aliphatic carbocycles. The van der Waals surface area contributed by atoms with E-state index >= 15 is 0 Å². The highest BCUT2D eigenvalue weighted by Crippen LogP contribution is 2.25. The fourth-order valence-corrected chi connectivity index (χ4v) is 4.00. The summed E-state index contributed by atoms with van der Waals surface area (Å²) in [4.78, 5) is 52.5. The normalized spacial score (nSPS) is 14.7. The van der Waals surface area contributed by atoms with Crippen LogP contribution in [-0.4, -0.2) is 71.1 Å². The number of ether oxygens (including phenoxy) is 1. The zero-order valence-electron chi connectivity index (χ0n) is 22.0. The molecule has 1 saturated heterocycles.